The SMILES string of the molecule is NS(=O)(=O)C1C=C(O)C=CC1=O. The van der Waals surface area contributed by atoms with E-state index < -0.39 is 21.1 Å². The molecule has 5 nitrogen and oxygen atoms in total. The number of aliphatic hydroxyl groups is 1. The molecular weight excluding hydrogens is 182 g/mol. The van der Waals surface area contributed by atoms with Crippen LogP contribution in [0.4, 0.5) is 0 Å². The second kappa shape index (κ2) is 2.72. The predicted molar refractivity (Wildman–Crippen MR) is 41.8 cm³/mol. The van der Waals surface area contributed by atoms with Gasteiger partial charge < -0.3 is 5.11 Å². The lowest BCUT2D eigenvalue weighted by Gasteiger charge is -2.09. The Labute approximate surface area is 69.2 Å². The van der Waals surface area contributed by atoms with Gasteiger partial charge in [-0.2, -0.15) is 0 Å². The smallest absolute Gasteiger partial charge is 0.223 e. The molecule has 0 fully saturated rings. The van der Waals surface area contributed by atoms with E-state index in [1.807, 2.05) is 0 Å². The van der Waals surface area contributed by atoms with Gasteiger partial charge in [0.1, 0.15) is 5.76 Å². The van der Waals surface area contributed by atoms with Crippen molar-refractivity contribution in [1.82, 2.24) is 0 Å². The fourth-order valence-corrected chi connectivity index (χ4v) is 1.54. The molecule has 1 aliphatic carbocycles. The fraction of sp³-hybridized carbons (Fsp3) is 0.167. The molecular formula is C6H7NO4S. The summed E-state index contributed by atoms with van der Waals surface area (Å²) < 4.78 is 21.4. The highest BCUT2D eigenvalue weighted by Crippen LogP contribution is 2.10. The zero-order valence-electron chi connectivity index (χ0n) is 5.97. The normalized spacial score (nSPS) is 23.9. The molecule has 3 N–H and O–H groups in total. The number of sulfonamides is 1. The van der Waals surface area contributed by atoms with Crippen LogP contribution >= 0.6 is 0 Å². The highest BCUT2D eigenvalue weighted by molar-refractivity contribution is 7.90. The lowest BCUT2D eigenvalue weighted by Crippen LogP contribution is -2.34. The van der Waals surface area contributed by atoms with Crippen molar-refractivity contribution in [2.75, 3.05) is 0 Å². The second-order valence-electron chi connectivity index (χ2n) is 2.34. The number of ketones is 1. The van der Waals surface area contributed by atoms with Gasteiger partial charge in [0.15, 0.2) is 11.0 Å². The van der Waals surface area contributed by atoms with E-state index >= 15 is 0 Å². The first-order valence-corrected chi connectivity index (χ1v) is 4.66. The molecule has 0 saturated heterocycles. The van der Waals surface area contributed by atoms with Crippen LogP contribution in [0.3, 0.4) is 0 Å². The maximum atomic E-state index is 10.9. The summed E-state index contributed by atoms with van der Waals surface area (Å²) in [6, 6.07) is 0. The molecule has 0 aromatic carbocycles. The van der Waals surface area contributed by atoms with Crippen molar-refractivity contribution in [3.05, 3.63) is 24.0 Å². The van der Waals surface area contributed by atoms with Crippen molar-refractivity contribution in [2.24, 2.45) is 5.14 Å². The molecule has 6 heteroatoms. The molecule has 1 rings (SSSR count). The van der Waals surface area contributed by atoms with Gasteiger partial charge in [0.05, 0.1) is 0 Å². The van der Waals surface area contributed by atoms with Crippen LogP contribution < -0.4 is 5.14 Å². The van der Waals surface area contributed by atoms with Crippen molar-refractivity contribution in [2.45, 2.75) is 5.25 Å². The van der Waals surface area contributed by atoms with Crippen LogP contribution in [-0.2, 0) is 14.8 Å². The number of nitrogens with two attached hydrogens (primary N) is 1. The summed E-state index contributed by atoms with van der Waals surface area (Å²) in [5.74, 6) is -0.913. The number of rotatable bonds is 1. The van der Waals surface area contributed by atoms with E-state index in [9.17, 15) is 13.2 Å². The number of primary sulfonamides is 1. The summed E-state index contributed by atoms with van der Waals surface area (Å²) in [6.07, 6.45) is 2.99. The van der Waals surface area contributed by atoms with E-state index in [0.29, 0.717) is 0 Å². The van der Waals surface area contributed by atoms with Gasteiger partial charge in [0, 0.05) is 0 Å². The monoisotopic (exact) mass is 189 g/mol. The third-order valence-electron chi connectivity index (χ3n) is 1.37. The Bertz CT molecular complexity index is 365. The molecule has 0 aromatic rings. The van der Waals surface area contributed by atoms with Crippen molar-refractivity contribution >= 4 is 15.8 Å². The Morgan fingerprint density at radius 1 is 1.42 bits per heavy atom. The van der Waals surface area contributed by atoms with E-state index in [1.54, 1.807) is 0 Å². The number of allylic oxidation sites excluding steroid dienone is 2. The third-order valence-corrected chi connectivity index (χ3v) is 2.45. The minimum atomic E-state index is -3.95. The maximum Gasteiger partial charge on any atom is 0.223 e. The zero-order chi connectivity index (χ0) is 9.35. The van der Waals surface area contributed by atoms with Crippen molar-refractivity contribution in [3.8, 4) is 0 Å². The van der Waals surface area contributed by atoms with Gasteiger partial charge in [-0.3, -0.25) is 4.79 Å². The predicted octanol–water partition coefficient (Wildman–Crippen LogP) is -0.776. The summed E-state index contributed by atoms with van der Waals surface area (Å²) in [7, 11) is -3.95. The summed E-state index contributed by atoms with van der Waals surface area (Å²) in [4.78, 5) is 10.9. The van der Waals surface area contributed by atoms with Crippen LogP contribution in [0.15, 0.2) is 24.0 Å². The van der Waals surface area contributed by atoms with Crippen LogP contribution in [0.1, 0.15) is 0 Å². The molecule has 1 atom stereocenters. The van der Waals surface area contributed by atoms with Gasteiger partial charge in [0.25, 0.3) is 0 Å². The Kier molecular flexibility index (Phi) is 2.03. The van der Waals surface area contributed by atoms with Crippen molar-refractivity contribution < 1.29 is 18.3 Å². The minimum absolute atomic E-state index is 0.270. The molecule has 0 heterocycles. The number of carbonyl (C=O) groups is 1. The van der Waals surface area contributed by atoms with Gasteiger partial charge in [-0.15, -0.1) is 0 Å². The first-order valence-electron chi connectivity index (χ1n) is 3.05. The Hall–Kier alpha value is -1.14. The minimum Gasteiger partial charge on any atom is -0.508 e. The summed E-state index contributed by atoms with van der Waals surface area (Å²) in [6.45, 7) is 0. The molecule has 0 aliphatic heterocycles. The molecule has 1 aliphatic rings. The molecule has 0 bridgehead atoms. The Morgan fingerprint density at radius 2 is 2.00 bits per heavy atom. The van der Waals surface area contributed by atoms with E-state index in [1.165, 1.54) is 0 Å². The summed E-state index contributed by atoms with van der Waals surface area (Å²) >= 11 is 0. The van der Waals surface area contributed by atoms with Crippen LogP contribution in [0.2, 0.25) is 0 Å². The van der Waals surface area contributed by atoms with Crippen molar-refractivity contribution in [1.29, 1.82) is 0 Å². The van der Waals surface area contributed by atoms with Gasteiger partial charge >= 0.3 is 0 Å². The van der Waals surface area contributed by atoms with E-state index in [0.717, 1.165) is 18.2 Å². The zero-order valence-corrected chi connectivity index (χ0v) is 6.78. The molecule has 0 saturated carbocycles. The van der Waals surface area contributed by atoms with Crippen LogP contribution in [-0.4, -0.2) is 24.6 Å². The average molecular weight is 189 g/mol. The molecule has 0 amide bonds. The molecule has 0 spiro atoms. The number of hydrogen-bond donors (Lipinski definition) is 2. The van der Waals surface area contributed by atoms with E-state index in [4.69, 9.17) is 10.2 Å². The Balaban J connectivity index is 3.09. The number of hydrogen-bond acceptors (Lipinski definition) is 4. The largest absolute Gasteiger partial charge is 0.508 e. The van der Waals surface area contributed by atoms with Crippen LogP contribution in [0.5, 0.6) is 0 Å². The first kappa shape index (κ1) is 8.95. The number of carbonyl (C=O) groups excluding carboxylic acids is 1. The summed E-state index contributed by atoms with van der Waals surface area (Å²) in [5, 5.41) is 12.1. The topological polar surface area (TPSA) is 97.5 Å². The lowest BCUT2D eigenvalue weighted by atomic mass is 10.1. The standard InChI is InChI=1S/C6H7NO4S/c7-12(10,11)6-3-4(8)1-2-5(6)9/h1-3,6,8H,(H2,7,10,11). The van der Waals surface area contributed by atoms with Gasteiger partial charge in [0.2, 0.25) is 10.0 Å². The molecule has 0 radical (unpaired) electrons. The van der Waals surface area contributed by atoms with Gasteiger partial charge in [-0.05, 0) is 18.2 Å². The summed E-state index contributed by atoms with van der Waals surface area (Å²) in [5.41, 5.74) is 0. The van der Waals surface area contributed by atoms with Crippen molar-refractivity contribution in [3.63, 3.8) is 0 Å². The van der Waals surface area contributed by atoms with Gasteiger partial charge in [-0.25, -0.2) is 13.6 Å². The highest BCUT2D eigenvalue weighted by Gasteiger charge is 2.28. The van der Waals surface area contributed by atoms with Crippen LogP contribution in [0.25, 0.3) is 0 Å². The third kappa shape index (κ3) is 1.72. The lowest BCUT2D eigenvalue weighted by molar-refractivity contribution is -0.113. The van der Waals surface area contributed by atoms with E-state index in [-0.39, 0.29) is 5.76 Å². The van der Waals surface area contributed by atoms with Gasteiger partial charge in [-0.1, -0.05) is 0 Å². The highest BCUT2D eigenvalue weighted by atomic mass is 32.2. The molecule has 66 valence electrons. The average Bonchev–Trinajstić information content (AvgIpc) is 1.92. The number of aliphatic hydroxyl groups excluding tert-OH is 1. The van der Waals surface area contributed by atoms with E-state index in [2.05, 4.69) is 0 Å². The quantitative estimate of drug-likeness (QED) is 0.565. The molecule has 12 heavy (non-hydrogen) atoms. The van der Waals surface area contributed by atoms with Crippen LogP contribution in [0, 0.1) is 0 Å². The Morgan fingerprint density at radius 3 is 2.42 bits per heavy atom. The second-order valence-corrected chi connectivity index (χ2v) is 4.02. The fourth-order valence-electron chi connectivity index (χ4n) is 0.812. The maximum absolute atomic E-state index is 10.9. The molecule has 1 unspecified atom stereocenters. The first-order chi connectivity index (χ1) is 5.41. The molecule has 0 aromatic heterocycles.